The van der Waals surface area contributed by atoms with Gasteiger partial charge in [-0.25, -0.2) is 0 Å². The average molecular weight is 256 g/mol. The van der Waals surface area contributed by atoms with Crippen LogP contribution in [-0.2, 0) is 6.42 Å². The van der Waals surface area contributed by atoms with Crippen LogP contribution in [0.4, 0.5) is 0 Å². The Kier molecular flexibility index (Phi) is 2.99. The topological polar surface area (TPSA) is 36.3 Å². The molecule has 1 atom stereocenters. The zero-order chi connectivity index (χ0) is 13.5. The average Bonchev–Trinajstić information content (AvgIpc) is 2.40. The van der Waals surface area contributed by atoms with E-state index in [2.05, 4.69) is 30.1 Å². The maximum absolute atomic E-state index is 9.63. The highest BCUT2D eigenvalue weighted by Crippen LogP contribution is 2.53. The van der Waals surface area contributed by atoms with Gasteiger partial charge in [-0.05, 0) is 49.6 Å². The second kappa shape index (κ2) is 4.54. The molecular formula is C16H20N2O. The second-order valence-corrected chi connectivity index (χ2v) is 5.82. The lowest BCUT2D eigenvalue weighted by Gasteiger charge is -2.48. The van der Waals surface area contributed by atoms with Crippen LogP contribution in [0.15, 0.2) is 18.2 Å². The summed E-state index contributed by atoms with van der Waals surface area (Å²) in [4.78, 5) is 2.36. The van der Waals surface area contributed by atoms with Gasteiger partial charge in [0.25, 0.3) is 0 Å². The predicted octanol–water partition coefficient (Wildman–Crippen LogP) is 2.92. The number of hydrogen-bond donors (Lipinski definition) is 0. The van der Waals surface area contributed by atoms with Crippen molar-refractivity contribution < 1.29 is 4.74 Å². The van der Waals surface area contributed by atoms with Gasteiger partial charge in [0, 0.05) is 6.54 Å². The normalized spacial score (nSPS) is 25.0. The number of methoxy groups -OCH3 is 1. The van der Waals surface area contributed by atoms with Gasteiger partial charge in [-0.2, -0.15) is 5.26 Å². The van der Waals surface area contributed by atoms with Gasteiger partial charge in [0.1, 0.15) is 5.75 Å². The zero-order valence-electron chi connectivity index (χ0n) is 11.6. The summed E-state index contributed by atoms with van der Waals surface area (Å²) >= 11 is 0. The van der Waals surface area contributed by atoms with E-state index in [0.29, 0.717) is 0 Å². The van der Waals surface area contributed by atoms with Crippen LogP contribution in [0.1, 0.15) is 36.4 Å². The number of likely N-dealkylation sites (N-methyl/N-ethyl adjacent to an activating group) is 1. The van der Waals surface area contributed by atoms with E-state index in [4.69, 9.17) is 4.74 Å². The van der Waals surface area contributed by atoms with Crippen molar-refractivity contribution in [1.29, 1.82) is 5.26 Å². The van der Waals surface area contributed by atoms with Crippen molar-refractivity contribution in [3.8, 4) is 11.8 Å². The standard InChI is InChI=1S/C16H20N2O/c1-18-9-6-12-10-13(19-2)4-5-14(12)15(18)16(11-17)7-3-8-16/h4-5,10,15H,3,6-9H2,1-2H3. The molecule has 0 N–H and O–H groups in total. The van der Waals surface area contributed by atoms with Crippen LogP contribution in [0.2, 0.25) is 0 Å². The third-order valence-corrected chi connectivity index (χ3v) is 4.81. The Balaban J connectivity index is 2.04. The van der Waals surface area contributed by atoms with Crippen LogP contribution in [0, 0.1) is 16.7 Å². The Morgan fingerprint density at radius 3 is 2.79 bits per heavy atom. The summed E-state index contributed by atoms with van der Waals surface area (Å²) in [6, 6.07) is 9.18. The molecule has 1 aromatic carbocycles. The molecule has 1 fully saturated rings. The summed E-state index contributed by atoms with van der Waals surface area (Å²) < 4.78 is 5.32. The van der Waals surface area contributed by atoms with Crippen molar-refractivity contribution >= 4 is 0 Å². The highest BCUT2D eigenvalue weighted by Gasteiger charge is 2.48. The van der Waals surface area contributed by atoms with Crippen molar-refractivity contribution in [3.05, 3.63) is 29.3 Å². The predicted molar refractivity (Wildman–Crippen MR) is 74.0 cm³/mol. The minimum absolute atomic E-state index is 0.168. The molecule has 1 saturated carbocycles. The molecule has 0 radical (unpaired) electrons. The van der Waals surface area contributed by atoms with Gasteiger partial charge in [0.15, 0.2) is 0 Å². The number of fused-ring (bicyclic) bond motifs is 1. The molecular weight excluding hydrogens is 236 g/mol. The molecule has 0 aromatic heterocycles. The SMILES string of the molecule is COc1ccc2c(c1)CCN(C)C2C1(C#N)CCC1. The van der Waals surface area contributed by atoms with Gasteiger partial charge in [-0.1, -0.05) is 12.5 Å². The smallest absolute Gasteiger partial charge is 0.119 e. The number of benzene rings is 1. The second-order valence-electron chi connectivity index (χ2n) is 5.82. The molecule has 3 rings (SSSR count). The van der Waals surface area contributed by atoms with Crippen LogP contribution in [0.25, 0.3) is 0 Å². The molecule has 1 unspecified atom stereocenters. The summed E-state index contributed by atoms with van der Waals surface area (Å²) in [5.41, 5.74) is 2.51. The third-order valence-electron chi connectivity index (χ3n) is 4.81. The molecule has 0 bridgehead atoms. The molecule has 3 nitrogen and oxygen atoms in total. The molecule has 2 aliphatic rings. The van der Waals surface area contributed by atoms with E-state index in [1.54, 1.807) is 7.11 Å². The minimum Gasteiger partial charge on any atom is -0.497 e. The molecule has 19 heavy (non-hydrogen) atoms. The number of nitriles is 1. The van der Waals surface area contributed by atoms with Gasteiger partial charge in [-0.15, -0.1) is 0 Å². The highest BCUT2D eigenvalue weighted by molar-refractivity contribution is 5.41. The summed E-state index contributed by atoms with van der Waals surface area (Å²) in [6.07, 6.45) is 4.29. The summed E-state index contributed by atoms with van der Waals surface area (Å²) in [5.74, 6) is 0.918. The van der Waals surface area contributed by atoms with Gasteiger partial charge >= 0.3 is 0 Å². The first-order valence-corrected chi connectivity index (χ1v) is 6.98. The number of rotatable bonds is 2. The van der Waals surface area contributed by atoms with Gasteiger partial charge in [0.05, 0.1) is 24.6 Å². The molecule has 0 saturated heterocycles. The minimum atomic E-state index is -0.168. The molecule has 1 aliphatic heterocycles. The van der Waals surface area contributed by atoms with Gasteiger partial charge in [0.2, 0.25) is 0 Å². The number of nitrogens with zero attached hydrogens (tertiary/aromatic N) is 2. The van der Waals surface area contributed by atoms with Crippen molar-refractivity contribution in [3.63, 3.8) is 0 Å². The van der Waals surface area contributed by atoms with E-state index in [0.717, 1.165) is 31.6 Å². The monoisotopic (exact) mass is 256 g/mol. The maximum atomic E-state index is 9.63. The molecule has 0 spiro atoms. The first kappa shape index (κ1) is 12.5. The quantitative estimate of drug-likeness (QED) is 0.816. The molecule has 1 aliphatic carbocycles. The molecule has 3 heteroatoms. The van der Waals surface area contributed by atoms with Crippen LogP contribution in [0.3, 0.4) is 0 Å². The summed E-state index contributed by atoms with van der Waals surface area (Å²) in [6.45, 7) is 1.02. The summed E-state index contributed by atoms with van der Waals surface area (Å²) in [5, 5.41) is 9.63. The van der Waals surface area contributed by atoms with E-state index in [-0.39, 0.29) is 11.5 Å². The lowest BCUT2D eigenvalue weighted by atomic mass is 9.61. The lowest BCUT2D eigenvalue weighted by Crippen LogP contribution is -2.46. The number of hydrogen-bond acceptors (Lipinski definition) is 3. The van der Waals surface area contributed by atoms with Crippen LogP contribution >= 0.6 is 0 Å². The van der Waals surface area contributed by atoms with Crippen molar-refractivity contribution in [2.24, 2.45) is 5.41 Å². The Morgan fingerprint density at radius 1 is 1.42 bits per heavy atom. The maximum Gasteiger partial charge on any atom is 0.119 e. The fourth-order valence-electron chi connectivity index (χ4n) is 3.58. The third kappa shape index (κ3) is 1.82. The first-order chi connectivity index (χ1) is 9.20. The fraction of sp³-hybridized carbons (Fsp3) is 0.562. The van der Waals surface area contributed by atoms with E-state index < -0.39 is 0 Å². The Bertz CT molecular complexity index is 528. The number of ether oxygens (including phenoxy) is 1. The largest absolute Gasteiger partial charge is 0.497 e. The van der Waals surface area contributed by atoms with Crippen molar-refractivity contribution in [2.45, 2.75) is 31.7 Å². The Hall–Kier alpha value is -1.53. The first-order valence-electron chi connectivity index (χ1n) is 6.98. The van der Waals surface area contributed by atoms with Crippen molar-refractivity contribution in [1.82, 2.24) is 4.90 Å². The molecule has 0 amide bonds. The Morgan fingerprint density at radius 2 is 2.21 bits per heavy atom. The van der Waals surface area contributed by atoms with Crippen molar-refractivity contribution in [2.75, 3.05) is 20.7 Å². The zero-order valence-corrected chi connectivity index (χ0v) is 11.6. The van der Waals surface area contributed by atoms with E-state index in [1.165, 1.54) is 17.5 Å². The van der Waals surface area contributed by atoms with E-state index in [1.807, 2.05) is 6.07 Å². The van der Waals surface area contributed by atoms with Gasteiger partial charge in [-0.3, -0.25) is 4.90 Å². The van der Waals surface area contributed by atoms with Gasteiger partial charge < -0.3 is 4.74 Å². The van der Waals surface area contributed by atoms with Crippen LogP contribution in [-0.4, -0.2) is 25.6 Å². The van der Waals surface area contributed by atoms with Crippen LogP contribution in [0.5, 0.6) is 5.75 Å². The molecule has 1 aromatic rings. The van der Waals surface area contributed by atoms with E-state index in [9.17, 15) is 5.26 Å². The Labute approximate surface area is 114 Å². The fourth-order valence-corrected chi connectivity index (χ4v) is 3.58. The summed E-state index contributed by atoms with van der Waals surface area (Å²) in [7, 11) is 3.85. The van der Waals surface area contributed by atoms with E-state index >= 15 is 0 Å². The van der Waals surface area contributed by atoms with Crippen LogP contribution < -0.4 is 4.74 Å². The highest BCUT2D eigenvalue weighted by atomic mass is 16.5. The molecule has 100 valence electrons. The molecule has 1 heterocycles. The lowest BCUT2D eigenvalue weighted by molar-refractivity contribution is 0.0520.